The van der Waals surface area contributed by atoms with Gasteiger partial charge < -0.3 is 5.32 Å². The summed E-state index contributed by atoms with van der Waals surface area (Å²) < 4.78 is 23.9. The van der Waals surface area contributed by atoms with E-state index in [4.69, 9.17) is 23.2 Å². The fourth-order valence-corrected chi connectivity index (χ4v) is 1.47. The normalized spacial score (nSPS) is 13.2. The number of rotatable bonds is 4. The van der Waals surface area contributed by atoms with Crippen LogP contribution in [-0.2, 0) is 0 Å². The molecule has 1 nitrogen and oxygen atoms in total. The van der Waals surface area contributed by atoms with Crippen LogP contribution in [0, 0.1) is 0 Å². The van der Waals surface area contributed by atoms with Crippen molar-refractivity contribution >= 4 is 23.2 Å². The van der Waals surface area contributed by atoms with Gasteiger partial charge in [-0.05, 0) is 24.6 Å². The summed E-state index contributed by atoms with van der Waals surface area (Å²) in [5.74, 6) is 0. The van der Waals surface area contributed by atoms with Gasteiger partial charge in [0.15, 0.2) is 0 Å². The van der Waals surface area contributed by atoms with Crippen LogP contribution in [0.1, 0.15) is 18.5 Å². The molecule has 5 heteroatoms. The molecule has 0 fully saturated rings. The molecular formula is C10H11Cl2F2N. The monoisotopic (exact) mass is 253 g/mol. The minimum atomic E-state index is -2.35. The second kappa shape index (κ2) is 5.64. The van der Waals surface area contributed by atoms with Crippen molar-refractivity contribution < 1.29 is 8.78 Å². The van der Waals surface area contributed by atoms with Crippen molar-refractivity contribution in [2.24, 2.45) is 0 Å². The van der Waals surface area contributed by atoms with Crippen LogP contribution in [0.15, 0.2) is 18.2 Å². The van der Waals surface area contributed by atoms with E-state index < -0.39 is 6.43 Å². The Balaban J connectivity index is 2.65. The average molecular weight is 254 g/mol. The molecule has 0 amide bonds. The molecule has 1 unspecified atom stereocenters. The van der Waals surface area contributed by atoms with Gasteiger partial charge in [0.05, 0.1) is 16.6 Å². The van der Waals surface area contributed by atoms with Crippen molar-refractivity contribution in [3.05, 3.63) is 33.8 Å². The first-order valence-corrected chi connectivity index (χ1v) is 5.22. The summed E-state index contributed by atoms with van der Waals surface area (Å²) in [6, 6.07) is 4.92. The van der Waals surface area contributed by atoms with Crippen LogP contribution in [0.25, 0.3) is 0 Å². The lowest BCUT2D eigenvalue weighted by atomic mass is 10.1. The first-order valence-electron chi connectivity index (χ1n) is 4.47. The number of hydrogen-bond donors (Lipinski definition) is 1. The van der Waals surface area contributed by atoms with E-state index in [2.05, 4.69) is 5.32 Å². The predicted molar refractivity (Wildman–Crippen MR) is 58.9 cm³/mol. The Morgan fingerprint density at radius 2 is 1.93 bits per heavy atom. The highest BCUT2D eigenvalue weighted by Gasteiger charge is 2.09. The molecule has 1 aromatic rings. The van der Waals surface area contributed by atoms with E-state index in [0.29, 0.717) is 10.0 Å². The molecule has 84 valence electrons. The largest absolute Gasteiger partial charge is 0.305 e. The standard InChI is InChI=1S/C10H11Cl2F2N/c1-6(15-5-10(13)14)7-2-3-8(11)9(12)4-7/h2-4,6,10,15H,5H2,1H3. The summed E-state index contributed by atoms with van der Waals surface area (Å²) in [5, 5.41) is 3.58. The van der Waals surface area contributed by atoms with Gasteiger partial charge in [0.1, 0.15) is 0 Å². The Labute approximate surface area is 97.4 Å². The fraction of sp³-hybridized carbons (Fsp3) is 0.400. The number of benzene rings is 1. The molecule has 0 aliphatic carbocycles. The molecule has 1 atom stereocenters. The highest BCUT2D eigenvalue weighted by atomic mass is 35.5. The van der Waals surface area contributed by atoms with Crippen molar-refractivity contribution in [3.8, 4) is 0 Å². The maximum absolute atomic E-state index is 11.9. The average Bonchev–Trinajstić information content (AvgIpc) is 2.18. The lowest BCUT2D eigenvalue weighted by molar-refractivity contribution is 0.142. The van der Waals surface area contributed by atoms with E-state index in [0.717, 1.165) is 5.56 Å². The summed E-state index contributed by atoms with van der Waals surface area (Å²) in [6.45, 7) is 1.46. The van der Waals surface area contributed by atoms with Crippen LogP contribution in [0.5, 0.6) is 0 Å². The molecule has 0 saturated heterocycles. The van der Waals surface area contributed by atoms with Gasteiger partial charge in [-0.3, -0.25) is 0 Å². The fourth-order valence-electron chi connectivity index (χ4n) is 1.17. The SMILES string of the molecule is CC(NCC(F)F)c1ccc(Cl)c(Cl)c1. The summed E-state index contributed by atoms with van der Waals surface area (Å²) in [7, 11) is 0. The lowest BCUT2D eigenvalue weighted by Crippen LogP contribution is -2.24. The molecular weight excluding hydrogens is 243 g/mol. The Morgan fingerprint density at radius 3 is 2.47 bits per heavy atom. The Morgan fingerprint density at radius 1 is 1.27 bits per heavy atom. The van der Waals surface area contributed by atoms with Gasteiger partial charge in [-0.2, -0.15) is 0 Å². The van der Waals surface area contributed by atoms with Crippen molar-refractivity contribution in [2.75, 3.05) is 6.54 Å². The van der Waals surface area contributed by atoms with Crippen molar-refractivity contribution in [3.63, 3.8) is 0 Å². The summed E-state index contributed by atoms with van der Waals surface area (Å²) in [4.78, 5) is 0. The van der Waals surface area contributed by atoms with Crippen molar-refractivity contribution in [2.45, 2.75) is 19.4 Å². The highest BCUT2D eigenvalue weighted by molar-refractivity contribution is 6.42. The van der Waals surface area contributed by atoms with Crippen LogP contribution < -0.4 is 5.32 Å². The second-order valence-corrected chi connectivity index (χ2v) is 4.01. The number of nitrogens with one attached hydrogen (secondary N) is 1. The zero-order valence-electron chi connectivity index (χ0n) is 8.11. The first kappa shape index (κ1) is 12.7. The minimum Gasteiger partial charge on any atom is -0.305 e. The minimum absolute atomic E-state index is 0.172. The quantitative estimate of drug-likeness (QED) is 0.858. The molecule has 0 aliphatic rings. The Hall–Kier alpha value is -0.380. The molecule has 15 heavy (non-hydrogen) atoms. The smallest absolute Gasteiger partial charge is 0.250 e. The van der Waals surface area contributed by atoms with Gasteiger partial charge in [0.25, 0.3) is 6.43 Å². The molecule has 1 aromatic carbocycles. The maximum Gasteiger partial charge on any atom is 0.250 e. The van der Waals surface area contributed by atoms with E-state index >= 15 is 0 Å². The second-order valence-electron chi connectivity index (χ2n) is 3.19. The van der Waals surface area contributed by atoms with Gasteiger partial charge in [-0.25, -0.2) is 8.78 Å². The van der Waals surface area contributed by atoms with Crippen LogP contribution in [0.4, 0.5) is 8.78 Å². The van der Waals surface area contributed by atoms with Crippen molar-refractivity contribution in [1.29, 1.82) is 0 Å². The third-order valence-corrected chi connectivity index (χ3v) is 2.76. The van der Waals surface area contributed by atoms with E-state index in [1.807, 2.05) is 0 Å². The molecule has 0 spiro atoms. The third kappa shape index (κ3) is 3.93. The van der Waals surface area contributed by atoms with Gasteiger partial charge in [-0.15, -0.1) is 0 Å². The molecule has 0 heterocycles. The van der Waals surface area contributed by atoms with Gasteiger partial charge >= 0.3 is 0 Å². The lowest BCUT2D eigenvalue weighted by Gasteiger charge is -2.14. The van der Waals surface area contributed by atoms with Crippen LogP contribution in [0.2, 0.25) is 10.0 Å². The topological polar surface area (TPSA) is 12.0 Å². The first-order chi connectivity index (χ1) is 7.00. The molecule has 1 rings (SSSR count). The van der Waals surface area contributed by atoms with Gasteiger partial charge in [0.2, 0.25) is 0 Å². The number of alkyl halides is 2. The summed E-state index contributed by atoms with van der Waals surface area (Å²) in [6.07, 6.45) is -2.35. The zero-order chi connectivity index (χ0) is 11.4. The van der Waals surface area contributed by atoms with Crippen LogP contribution in [0.3, 0.4) is 0 Å². The summed E-state index contributed by atoms with van der Waals surface area (Å²) in [5.41, 5.74) is 0.838. The molecule has 0 bridgehead atoms. The molecule has 0 saturated carbocycles. The molecule has 0 aliphatic heterocycles. The molecule has 1 N–H and O–H groups in total. The third-order valence-electron chi connectivity index (χ3n) is 2.02. The Kier molecular flexibility index (Phi) is 4.77. The van der Waals surface area contributed by atoms with E-state index in [1.54, 1.807) is 25.1 Å². The summed E-state index contributed by atoms with van der Waals surface area (Å²) >= 11 is 11.6. The number of halogens is 4. The van der Waals surface area contributed by atoms with E-state index in [-0.39, 0.29) is 12.6 Å². The van der Waals surface area contributed by atoms with Gasteiger partial charge in [0, 0.05) is 6.04 Å². The highest BCUT2D eigenvalue weighted by Crippen LogP contribution is 2.25. The van der Waals surface area contributed by atoms with Gasteiger partial charge in [-0.1, -0.05) is 29.3 Å². The maximum atomic E-state index is 11.9. The van der Waals surface area contributed by atoms with E-state index in [9.17, 15) is 8.78 Å². The molecule has 0 radical (unpaired) electrons. The van der Waals surface area contributed by atoms with E-state index in [1.165, 1.54) is 0 Å². The Bertz CT molecular complexity index is 331. The predicted octanol–water partition coefficient (Wildman–Crippen LogP) is 3.91. The zero-order valence-corrected chi connectivity index (χ0v) is 9.62. The molecule has 0 aromatic heterocycles. The van der Waals surface area contributed by atoms with Crippen LogP contribution in [-0.4, -0.2) is 13.0 Å². The van der Waals surface area contributed by atoms with Crippen molar-refractivity contribution in [1.82, 2.24) is 5.32 Å². The number of hydrogen-bond acceptors (Lipinski definition) is 1. The van der Waals surface area contributed by atoms with Crippen LogP contribution >= 0.6 is 23.2 Å².